The minimum atomic E-state index is 0.690. The monoisotopic (exact) mass is 478 g/mol. The summed E-state index contributed by atoms with van der Waals surface area (Å²) in [5, 5.41) is 6.66. The van der Waals surface area contributed by atoms with Gasteiger partial charge in [0.25, 0.3) is 0 Å². The number of hydrogen-bond acceptors (Lipinski definition) is 3. The Balaban J connectivity index is 0.000000310. The van der Waals surface area contributed by atoms with E-state index in [9.17, 15) is 0 Å². The van der Waals surface area contributed by atoms with Gasteiger partial charge in [-0.25, -0.2) is 0 Å². The van der Waals surface area contributed by atoms with E-state index in [4.69, 9.17) is 0 Å². The second kappa shape index (κ2) is 15.8. The Labute approximate surface area is 214 Å². The molecule has 1 unspecified atom stereocenters. The lowest BCUT2D eigenvalue weighted by atomic mass is 9.90. The molecule has 34 heavy (non-hydrogen) atoms. The van der Waals surface area contributed by atoms with Gasteiger partial charge in [0.1, 0.15) is 0 Å². The molecule has 3 rings (SSSR count). The van der Waals surface area contributed by atoms with Gasteiger partial charge < -0.3 is 10.6 Å². The maximum atomic E-state index is 4.44. The van der Waals surface area contributed by atoms with Crippen LogP contribution in [0.3, 0.4) is 0 Å². The van der Waals surface area contributed by atoms with Crippen LogP contribution >= 0.6 is 12.6 Å². The minimum absolute atomic E-state index is 0.690. The standard InChI is InChI=1S/C21H27NS.C10H19N/c1-16-14-19(12-13-21(16)23)8-4-6-18-7-5-9-20(15-18)11-10-17(2)22-3;1-3-9(4-2)10-7-5-6-8-11-10/h5,7,9,12-15,22-23H,2,4,6,8,10-11H2,1,3H3;3,9-11H,1,4-8H2,2H3/t;9-,10?/m.1/s1. The highest BCUT2D eigenvalue weighted by atomic mass is 32.1. The lowest BCUT2D eigenvalue weighted by molar-refractivity contribution is 0.327. The highest BCUT2D eigenvalue weighted by Gasteiger charge is 2.18. The Bertz CT molecular complexity index is 883. The van der Waals surface area contributed by atoms with E-state index in [-0.39, 0.29) is 0 Å². The van der Waals surface area contributed by atoms with Crippen molar-refractivity contribution >= 4 is 12.6 Å². The first-order valence-corrected chi connectivity index (χ1v) is 13.5. The summed E-state index contributed by atoms with van der Waals surface area (Å²) in [5.74, 6) is 0.690. The van der Waals surface area contributed by atoms with E-state index in [0.717, 1.165) is 36.3 Å². The quantitative estimate of drug-likeness (QED) is 0.230. The van der Waals surface area contributed by atoms with Gasteiger partial charge in [0, 0.05) is 23.7 Å². The zero-order chi connectivity index (χ0) is 24.8. The first-order chi connectivity index (χ1) is 16.5. The van der Waals surface area contributed by atoms with Crippen LogP contribution in [0.1, 0.15) is 67.7 Å². The van der Waals surface area contributed by atoms with Gasteiger partial charge in [-0.05, 0) is 99.1 Å². The summed E-state index contributed by atoms with van der Waals surface area (Å²) < 4.78 is 0. The highest BCUT2D eigenvalue weighted by Crippen LogP contribution is 2.19. The fourth-order valence-electron chi connectivity index (χ4n) is 4.59. The fraction of sp³-hybridized carbons (Fsp3) is 0.484. The SMILES string of the molecule is C=C(CCc1cccc(CCCc2ccc(S)c(C)c2)c1)NC.C=C[C@H](CC)C1CCCCN1. The molecule has 2 aromatic rings. The van der Waals surface area contributed by atoms with E-state index in [1.54, 1.807) is 0 Å². The molecule has 0 radical (unpaired) electrons. The summed E-state index contributed by atoms with van der Waals surface area (Å²) in [5.41, 5.74) is 6.59. The summed E-state index contributed by atoms with van der Waals surface area (Å²) in [6.45, 7) is 13.4. The molecule has 2 atom stereocenters. The number of nitrogens with one attached hydrogen (secondary N) is 2. The van der Waals surface area contributed by atoms with E-state index in [0.29, 0.717) is 12.0 Å². The van der Waals surface area contributed by atoms with Crippen LogP contribution in [0.2, 0.25) is 0 Å². The van der Waals surface area contributed by atoms with Crippen molar-refractivity contribution in [3.63, 3.8) is 0 Å². The van der Waals surface area contributed by atoms with Crippen molar-refractivity contribution in [3.05, 3.63) is 89.6 Å². The number of aryl methyl sites for hydroxylation is 4. The normalized spacial score (nSPS) is 16.2. The van der Waals surface area contributed by atoms with Crippen LogP contribution in [-0.2, 0) is 19.3 Å². The topological polar surface area (TPSA) is 24.1 Å². The van der Waals surface area contributed by atoms with Crippen LogP contribution in [-0.4, -0.2) is 19.6 Å². The first-order valence-electron chi connectivity index (χ1n) is 13.0. The van der Waals surface area contributed by atoms with Crippen molar-refractivity contribution in [2.75, 3.05) is 13.6 Å². The predicted octanol–water partition coefficient (Wildman–Crippen LogP) is 7.47. The van der Waals surface area contributed by atoms with Gasteiger partial charge in [0.05, 0.1) is 0 Å². The summed E-state index contributed by atoms with van der Waals surface area (Å²) in [6.07, 6.45) is 12.9. The molecule has 2 aromatic carbocycles. The Morgan fingerprint density at radius 1 is 1.12 bits per heavy atom. The maximum Gasteiger partial charge on any atom is 0.0130 e. The largest absolute Gasteiger partial charge is 0.392 e. The van der Waals surface area contributed by atoms with Crippen molar-refractivity contribution in [1.29, 1.82) is 0 Å². The smallest absolute Gasteiger partial charge is 0.0130 e. The minimum Gasteiger partial charge on any atom is -0.392 e. The molecule has 1 heterocycles. The number of allylic oxidation sites excluding steroid dienone is 1. The van der Waals surface area contributed by atoms with Crippen LogP contribution in [0.15, 0.2) is 72.3 Å². The Morgan fingerprint density at radius 2 is 1.82 bits per heavy atom. The molecule has 1 aliphatic heterocycles. The Kier molecular flexibility index (Phi) is 13.2. The van der Waals surface area contributed by atoms with E-state index >= 15 is 0 Å². The average molecular weight is 479 g/mol. The van der Waals surface area contributed by atoms with Gasteiger partial charge in [0.15, 0.2) is 0 Å². The zero-order valence-corrected chi connectivity index (χ0v) is 22.6. The molecule has 2 nitrogen and oxygen atoms in total. The van der Waals surface area contributed by atoms with Crippen LogP contribution in [0.25, 0.3) is 0 Å². The molecule has 0 bridgehead atoms. The van der Waals surface area contributed by atoms with Gasteiger partial charge in [0.2, 0.25) is 0 Å². The molecule has 0 saturated carbocycles. The van der Waals surface area contributed by atoms with Crippen LogP contribution < -0.4 is 10.6 Å². The Hall–Kier alpha value is -1.97. The number of hydrogen-bond donors (Lipinski definition) is 3. The molecule has 1 saturated heterocycles. The fourth-order valence-corrected chi connectivity index (χ4v) is 4.73. The summed E-state index contributed by atoms with van der Waals surface area (Å²) in [6, 6.07) is 16.2. The highest BCUT2D eigenvalue weighted by molar-refractivity contribution is 7.80. The molecule has 1 aliphatic rings. The Morgan fingerprint density at radius 3 is 2.41 bits per heavy atom. The van der Waals surface area contributed by atoms with Gasteiger partial charge in [-0.3, -0.25) is 0 Å². The summed E-state index contributed by atoms with van der Waals surface area (Å²) in [4.78, 5) is 1.07. The second-order valence-electron chi connectivity index (χ2n) is 9.51. The first kappa shape index (κ1) is 28.3. The number of piperidine rings is 1. The summed E-state index contributed by atoms with van der Waals surface area (Å²) >= 11 is 4.44. The van der Waals surface area contributed by atoms with Crippen LogP contribution in [0.4, 0.5) is 0 Å². The lowest BCUT2D eigenvalue weighted by Gasteiger charge is -2.28. The molecule has 3 heteroatoms. The third-order valence-corrected chi connectivity index (χ3v) is 7.39. The molecular formula is C31H46N2S. The summed E-state index contributed by atoms with van der Waals surface area (Å²) in [7, 11) is 1.93. The molecule has 0 amide bonds. The third-order valence-electron chi connectivity index (χ3n) is 6.89. The molecule has 1 fully saturated rings. The second-order valence-corrected chi connectivity index (χ2v) is 9.99. The number of benzene rings is 2. The van der Waals surface area contributed by atoms with E-state index in [1.165, 1.54) is 60.9 Å². The molecule has 0 spiro atoms. The lowest BCUT2D eigenvalue weighted by Crippen LogP contribution is -2.38. The van der Waals surface area contributed by atoms with E-state index < -0.39 is 0 Å². The van der Waals surface area contributed by atoms with Crippen LogP contribution in [0.5, 0.6) is 0 Å². The van der Waals surface area contributed by atoms with Crippen LogP contribution in [0, 0.1) is 12.8 Å². The van der Waals surface area contributed by atoms with Gasteiger partial charge in [-0.1, -0.05) is 62.4 Å². The van der Waals surface area contributed by atoms with Gasteiger partial charge in [-0.15, -0.1) is 19.2 Å². The van der Waals surface area contributed by atoms with Gasteiger partial charge in [-0.2, -0.15) is 0 Å². The average Bonchev–Trinajstić information content (AvgIpc) is 2.87. The molecule has 186 valence electrons. The predicted molar refractivity (Wildman–Crippen MR) is 153 cm³/mol. The third kappa shape index (κ3) is 10.1. The van der Waals surface area contributed by atoms with E-state index in [1.807, 2.05) is 7.05 Å². The van der Waals surface area contributed by atoms with Crippen molar-refractivity contribution < 1.29 is 0 Å². The van der Waals surface area contributed by atoms with Crippen molar-refractivity contribution in [2.24, 2.45) is 5.92 Å². The molecule has 0 aromatic heterocycles. The maximum absolute atomic E-state index is 4.44. The van der Waals surface area contributed by atoms with Crippen molar-refractivity contribution in [2.45, 2.75) is 82.6 Å². The molecular weight excluding hydrogens is 432 g/mol. The van der Waals surface area contributed by atoms with Gasteiger partial charge >= 0.3 is 0 Å². The number of rotatable bonds is 11. The number of thiol groups is 1. The zero-order valence-electron chi connectivity index (χ0n) is 21.7. The van der Waals surface area contributed by atoms with E-state index in [2.05, 4.69) is 98.8 Å². The van der Waals surface area contributed by atoms with Crippen molar-refractivity contribution in [3.8, 4) is 0 Å². The molecule has 2 N–H and O–H groups in total. The van der Waals surface area contributed by atoms with Crippen molar-refractivity contribution in [1.82, 2.24) is 10.6 Å². The molecule has 0 aliphatic carbocycles.